The van der Waals surface area contributed by atoms with E-state index in [-0.39, 0.29) is 5.52 Å². The van der Waals surface area contributed by atoms with Crippen LogP contribution in [0.25, 0.3) is 33.1 Å². The number of ether oxygens (including phenoxy) is 1. The highest BCUT2D eigenvalue weighted by molar-refractivity contribution is 6.05. The fraction of sp³-hybridized carbons (Fsp3) is 0.176. The second kappa shape index (κ2) is 5.23. The summed E-state index contributed by atoms with van der Waals surface area (Å²) in [5.74, 6) is -0.0237. The van der Waals surface area contributed by atoms with Gasteiger partial charge in [-0.1, -0.05) is 0 Å². The van der Waals surface area contributed by atoms with Crippen molar-refractivity contribution in [1.29, 1.82) is 0 Å². The first-order valence-electron chi connectivity index (χ1n) is 7.37. The maximum Gasteiger partial charge on any atom is 0.180 e. The van der Waals surface area contributed by atoms with E-state index in [1.54, 1.807) is 42.5 Å². The van der Waals surface area contributed by atoms with Gasteiger partial charge in [0.05, 0.1) is 24.3 Å². The number of fused-ring (bicyclic) bond motifs is 3. The van der Waals surface area contributed by atoms with Crippen LogP contribution in [-0.2, 0) is 7.05 Å². The Morgan fingerprint density at radius 1 is 1.17 bits per heavy atom. The van der Waals surface area contributed by atoms with Crippen LogP contribution in [0.2, 0.25) is 0 Å². The van der Waals surface area contributed by atoms with Gasteiger partial charge in [0, 0.05) is 24.8 Å². The minimum atomic E-state index is -0.461. The Labute approximate surface area is 136 Å². The largest absolute Gasteiger partial charge is 0.496 e. The number of aromatic nitrogens is 5. The molecule has 0 aliphatic heterocycles. The molecule has 0 saturated carbocycles. The molecule has 7 heteroatoms. The molecule has 24 heavy (non-hydrogen) atoms. The molecule has 120 valence electrons. The van der Waals surface area contributed by atoms with Gasteiger partial charge in [0.1, 0.15) is 11.3 Å². The van der Waals surface area contributed by atoms with Crippen molar-refractivity contribution in [2.45, 2.75) is 6.92 Å². The number of pyridine rings is 1. The molecule has 0 spiro atoms. The van der Waals surface area contributed by atoms with E-state index in [4.69, 9.17) is 4.74 Å². The van der Waals surface area contributed by atoms with E-state index in [1.165, 1.54) is 7.11 Å². The molecule has 0 saturated heterocycles. The van der Waals surface area contributed by atoms with Crippen LogP contribution < -0.4 is 4.74 Å². The molecule has 0 bridgehead atoms. The van der Waals surface area contributed by atoms with E-state index >= 15 is 4.39 Å². The molecule has 0 radical (unpaired) electrons. The number of hydrogen-bond acceptors (Lipinski definition) is 5. The summed E-state index contributed by atoms with van der Waals surface area (Å²) in [6.45, 7) is 1.88. The number of halogens is 1. The summed E-state index contributed by atoms with van der Waals surface area (Å²) in [6, 6.07) is 3.55. The molecule has 4 rings (SSSR count). The second-order valence-electron chi connectivity index (χ2n) is 5.56. The lowest BCUT2D eigenvalue weighted by atomic mass is 9.98. The highest BCUT2D eigenvalue weighted by Gasteiger charge is 2.21. The van der Waals surface area contributed by atoms with Crippen LogP contribution in [0.5, 0.6) is 5.75 Å². The molecule has 0 fully saturated rings. The molecule has 0 unspecified atom stereocenters. The molecule has 3 aromatic heterocycles. The number of methoxy groups -OCH3 is 1. The average molecular weight is 323 g/mol. The van der Waals surface area contributed by atoms with Crippen LogP contribution in [0.3, 0.4) is 0 Å². The van der Waals surface area contributed by atoms with Crippen molar-refractivity contribution in [3.63, 3.8) is 0 Å². The summed E-state index contributed by atoms with van der Waals surface area (Å²) in [7, 11) is 3.29. The van der Waals surface area contributed by atoms with Crippen molar-refractivity contribution in [1.82, 2.24) is 25.0 Å². The molecule has 3 heterocycles. The predicted octanol–water partition coefficient (Wildman–Crippen LogP) is 3.03. The quantitative estimate of drug-likeness (QED) is 0.567. The first-order valence-corrected chi connectivity index (χ1v) is 7.37. The lowest BCUT2D eigenvalue weighted by molar-refractivity contribution is 0.414. The lowest BCUT2D eigenvalue weighted by Crippen LogP contribution is -1.99. The Balaban J connectivity index is 2.14. The highest BCUT2D eigenvalue weighted by atomic mass is 19.1. The van der Waals surface area contributed by atoms with E-state index in [2.05, 4.69) is 20.3 Å². The molecule has 0 atom stereocenters. The fourth-order valence-electron chi connectivity index (χ4n) is 2.92. The van der Waals surface area contributed by atoms with Gasteiger partial charge in [-0.15, -0.1) is 10.2 Å². The third kappa shape index (κ3) is 1.94. The van der Waals surface area contributed by atoms with Crippen LogP contribution in [0.15, 0.2) is 30.7 Å². The fourth-order valence-corrected chi connectivity index (χ4v) is 2.92. The van der Waals surface area contributed by atoms with Gasteiger partial charge in [-0.25, -0.2) is 9.07 Å². The van der Waals surface area contributed by atoms with Gasteiger partial charge >= 0.3 is 0 Å². The number of hydrogen-bond donors (Lipinski definition) is 0. The molecular weight excluding hydrogens is 309 g/mol. The summed E-state index contributed by atoms with van der Waals surface area (Å²) in [5.41, 5.74) is 2.72. The van der Waals surface area contributed by atoms with Gasteiger partial charge in [-0.05, 0) is 30.2 Å². The van der Waals surface area contributed by atoms with Crippen LogP contribution >= 0.6 is 0 Å². The second-order valence-corrected chi connectivity index (χ2v) is 5.56. The van der Waals surface area contributed by atoms with Crippen LogP contribution in [-0.4, -0.2) is 32.1 Å². The molecule has 0 aliphatic rings. The first-order chi connectivity index (χ1) is 11.6. The smallest absolute Gasteiger partial charge is 0.180 e. The monoisotopic (exact) mass is 323 g/mol. The van der Waals surface area contributed by atoms with E-state index in [9.17, 15) is 0 Å². The van der Waals surface area contributed by atoms with Crippen LogP contribution in [0.1, 0.15) is 5.56 Å². The van der Waals surface area contributed by atoms with Crippen molar-refractivity contribution in [3.05, 3.63) is 42.1 Å². The molecule has 0 N–H and O–H groups in total. The van der Waals surface area contributed by atoms with Crippen molar-refractivity contribution < 1.29 is 9.13 Å². The maximum absolute atomic E-state index is 15.3. The Hall–Kier alpha value is -3.09. The molecule has 4 aromatic rings. The third-order valence-electron chi connectivity index (χ3n) is 4.16. The summed E-state index contributed by atoms with van der Waals surface area (Å²) < 4.78 is 22.4. The van der Waals surface area contributed by atoms with Gasteiger partial charge in [0.15, 0.2) is 11.5 Å². The molecule has 1 aromatic carbocycles. The highest BCUT2D eigenvalue weighted by Crippen LogP contribution is 2.39. The lowest BCUT2D eigenvalue weighted by Gasteiger charge is -2.13. The third-order valence-corrected chi connectivity index (χ3v) is 4.16. The van der Waals surface area contributed by atoms with E-state index in [1.807, 2.05) is 6.92 Å². The van der Waals surface area contributed by atoms with Gasteiger partial charge in [-0.2, -0.15) is 5.10 Å². The maximum atomic E-state index is 15.3. The first kappa shape index (κ1) is 14.5. The van der Waals surface area contributed by atoms with Gasteiger partial charge in [-0.3, -0.25) is 4.98 Å². The average Bonchev–Trinajstić information content (AvgIpc) is 2.97. The van der Waals surface area contributed by atoms with E-state index in [0.717, 1.165) is 10.9 Å². The predicted molar refractivity (Wildman–Crippen MR) is 88.3 cm³/mol. The molecule has 0 aliphatic carbocycles. The van der Waals surface area contributed by atoms with Gasteiger partial charge in [0.25, 0.3) is 0 Å². The Bertz CT molecular complexity index is 1090. The summed E-state index contributed by atoms with van der Waals surface area (Å²) in [5, 5.41) is 13.7. The normalized spacial score (nSPS) is 11.3. The van der Waals surface area contributed by atoms with Crippen molar-refractivity contribution >= 4 is 21.9 Å². The summed E-state index contributed by atoms with van der Waals surface area (Å²) in [6.07, 6.45) is 4.97. The minimum Gasteiger partial charge on any atom is -0.496 e. The number of aryl methyl sites for hydroxylation is 2. The number of rotatable bonds is 2. The Morgan fingerprint density at radius 2 is 2.00 bits per heavy atom. The zero-order valence-electron chi connectivity index (χ0n) is 13.4. The zero-order chi connectivity index (χ0) is 16.8. The van der Waals surface area contributed by atoms with Crippen molar-refractivity contribution in [2.75, 3.05) is 7.11 Å². The zero-order valence-corrected chi connectivity index (χ0v) is 13.4. The molecule has 0 amide bonds. The Kier molecular flexibility index (Phi) is 3.16. The van der Waals surface area contributed by atoms with Gasteiger partial charge < -0.3 is 4.74 Å². The van der Waals surface area contributed by atoms with E-state index in [0.29, 0.717) is 27.9 Å². The molecular formula is C17H14FN5O. The number of benzene rings is 1. The minimum absolute atomic E-state index is 0.197. The van der Waals surface area contributed by atoms with Crippen molar-refractivity contribution in [2.24, 2.45) is 7.05 Å². The summed E-state index contributed by atoms with van der Waals surface area (Å²) in [4.78, 5) is 4.06. The topological polar surface area (TPSA) is 65.7 Å². The molecule has 6 nitrogen and oxygen atoms in total. The van der Waals surface area contributed by atoms with Crippen LogP contribution in [0, 0.1) is 12.7 Å². The van der Waals surface area contributed by atoms with Crippen LogP contribution in [0.4, 0.5) is 4.39 Å². The van der Waals surface area contributed by atoms with E-state index < -0.39 is 5.82 Å². The number of nitrogens with zero attached hydrogens (tertiary/aromatic N) is 5. The van der Waals surface area contributed by atoms with Crippen molar-refractivity contribution in [3.8, 4) is 16.9 Å². The standard InChI is InChI=1S/C17H14FN5O/c1-9-7-19-5-4-10(9)14-13(24-3)6-11-12-8-20-23(2)17(12)22-21-16(11)15(14)18/h4-8H,1-3H3. The Morgan fingerprint density at radius 3 is 2.75 bits per heavy atom. The van der Waals surface area contributed by atoms with Gasteiger partial charge in [0.2, 0.25) is 0 Å². The SMILES string of the molecule is COc1cc2c(nnc3c2cnn3C)c(F)c1-c1ccncc1C. The summed E-state index contributed by atoms with van der Waals surface area (Å²) >= 11 is 0.